The molecule has 0 fully saturated rings. The van der Waals surface area contributed by atoms with Crippen LogP contribution in [0.5, 0.6) is 0 Å². The summed E-state index contributed by atoms with van der Waals surface area (Å²) in [6.45, 7) is 0. The van der Waals surface area contributed by atoms with Crippen LogP contribution in [0.3, 0.4) is 0 Å². The number of benzene rings is 1. The monoisotopic (exact) mass is 267 g/mol. The molecular weight excluding hydrogens is 254 g/mol. The van der Waals surface area contributed by atoms with Gasteiger partial charge in [-0.15, -0.1) is 0 Å². The van der Waals surface area contributed by atoms with E-state index in [0.29, 0.717) is 22.6 Å². The average Bonchev–Trinajstić information content (AvgIpc) is 2.89. The smallest absolute Gasteiger partial charge is 0.280 e. The minimum Gasteiger partial charge on any atom is -0.399 e. The molecule has 0 radical (unpaired) electrons. The summed E-state index contributed by atoms with van der Waals surface area (Å²) in [6.07, 6.45) is 1.64. The summed E-state index contributed by atoms with van der Waals surface area (Å²) in [6, 6.07) is 10.7. The highest BCUT2D eigenvalue weighted by molar-refractivity contribution is 6.12. The first-order chi connectivity index (χ1) is 9.66. The first kappa shape index (κ1) is 12.2. The molecule has 3 N–H and O–H groups in total. The van der Waals surface area contributed by atoms with Crippen LogP contribution < -0.4 is 10.6 Å². The summed E-state index contributed by atoms with van der Waals surface area (Å²) in [5.74, 6) is 0.332. The molecule has 0 aliphatic heterocycles. The van der Waals surface area contributed by atoms with Crippen LogP contribution in [0.2, 0.25) is 0 Å². The van der Waals surface area contributed by atoms with Gasteiger partial charge in [0.25, 0.3) is 5.91 Å². The van der Waals surface area contributed by atoms with Crippen molar-refractivity contribution in [3.8, 4) is 0 Å². The standard InChI is InChI=1S/C14H13N5O/c1-19(12-4-2-3-7-16-12)14(20)13-10-8-9(15)5-6-11(10)17-18-13/h2-8H,15H2,1H3,(H,17,18). The van der Waals surface area contributed by atoms with Crippen LogP contribution in [-0.4, -0.2) is 28.1 Å². The van der Waals surface area contributed by atoms with E-state index in [1.807, 2.05) is 6.07 Å². The summed E-state index contributed by atoms with van der Waals surface area (Å²) in [4.78, 5) is 18.1. The van der Waals surface area contributed by atoms with Gasteiger partial charge in [-0.2, -0.15) is 5.10 Å². The molecule has 0 saturated heterocycles. The van der Waals surface area contributed by atoms with E-state index in [4.69, 9.17) is 5.73 Å². The first-order valence-electron chi connectivity index (χ1n) is 6.09. The van der Waals surface area contributed by atoms with Crippen molar-refractivity contribution in [2.45, 2.75) is 0 Å². The van der Waals surface area contributed by atoms with Gasteiger partial charge in [-0.1, -0.05) is 6.07 Å². The molecule has 0 bridgehead atoms. The second kappa shape index (κ2) is 4.65. The van der Waals surface area contributed by atoms with Crippen molar-refractivity contribution in [3.05, 3.63) is 48.3 Å². The van der Waals surface area contributed by atoms with Gasteiger partial charge in [0.2, 0.25) is 0 Å². The van der Waals surface area contributed by atoms with E-state index in [1.54, 1.807) is 43.6 Å². The molecule has 0 atom stereocenters. The minimum atomic E-state index is -0.236. The number of rotatable bonds is 2. The molecule has 6 heteroatoms. The number of hydrogen-bond acceptors (Lipinski definition) is 4. The molecule has 100 valence electrons. The fourth-order valence-electron chi connectivity index (χ4n) is 2.01. The molecule has 1 aromatic carbocycles. The molecular formula is C14H13N5O. The molecule has 1 amide bonds. The molecule has 0 spiro atoms. The third-order valence-electron chi connectivity index (χ3n) is 3.09. The zero-order chi connectivity index (χ0) is 14.1. The predicted molar refractivity (Wildman–Crippen MR) is 77.5 cm³/mol. The Balaban J connectivity index is 2.03. The van der Waals surface area contributed by atoms with Gasteiger partial charge < -0.3 is 5.73 Å². The number of pyridine rings is 1. The number of aromatic nitrogens is 3. The number of carbonyl (C=O) groups is 1. The van der Waals surface area contributed by atoms with Crippen LogP contribution in [0.15, 0.2) is 42.6 Å². The van der Waals surface area contributed by atoms with Gasteiger partial charge in [-0.05, 0) is 30.3 Å². The van der Waals surface area contributed by atoms with Crippen LogP contribution in [0, 0.1) is 0 Å². The fourth-order valence-corrected chi connectivity index (χ4v) is 2.01. The number of nitrogens with zero attached hydrogens (tertiary/aromatic N) is 3. The molecule has 3 aromatic rings. The number of nitrogens with two attached hydrogens (primary N) is 1. The fraction of sp³-hybridized carbons (Fsp3) is 0.0714. The third kappa shape index (κ3) is 1.97. The van der Waals surface area contributed by atoms with Crippen molar-refractivity contribution in [2.75, 3.05) is 17.7 Å². The van der Waals surface area contributed by atoms with E-state index in [-0.39, 0.29) is 5.91 Å². The Morgan fingerprint density at radius 3 is 2.90 bits per heavy atom. The average molecular weight is 267 g/mol. The van der Waals surface area contributed by atoms with E-state index >= 15 is 0 Å². The summed E-state index contributed by atoms with van der Waals surface area (Å²) in [5.41, 5.74) is 7.46. The number of hydrogen-bond donors (Lipinski definition) is 2. The number of fused-ring (bicyclic) bond motifs is 1. The SMILES string of the molecule is CN(C(=O)c1n[nH]c2ccc(N)cc12)c1ccccn1. The number of H-pyrrole nitrogens is 1. The number of anilines is 2. The van der Waals surface area contributed by atoms with E-state index in [0.717, 1.165) is 5.52 Å². The van der Waals surface area contributed by atoms with Crippen molar-refractivity contribution in [2.24, 2.45) is 0 Å². The van der Waals surface area contributed by atoms with E-state index in [2.05, 4.69) is 15.2 Å². The lowest BCUT2D eigenvalue weighted by Gasteiger charge is -2.14. The van der Waals surface area contributed by atoms with Crippen LogP contribution in [0.25, 0.3) is 10.9 Å². The van der Waals surface area contributed by atoms with Gasteiger partial charge in [0.15, 0.2) is 5.69 Å². The van der Waals surface area contributed by atoms with Crippen LogP contribution in [0.1, 0.15) is 10.5 Å². The lowest BCUT2D eigenvalue weighted by Crippen LogP contribution is -2.27. The number of carbonyl (C=O) groups excluding carboxylic acids is 1. The molecule has 2 aromatic heterocycles. The zero-order valence-corrected chi connectivity index (χ0v) is 10.9. The number of amides is 1. The molecule has 0 saturated carbocycles. The number of nitrogens with one attached hydrogen (secondary N) is 1. The second-order valence-corrected chi connectivity index (χ2v) is 4.43. The Labute approximate surface area is 115 Å². The van der Waals surface area contributed by atoms with Crippen LogP contribution in [0.4, 0.5) is 11.5 Å². The van der Waals surface area contributed by atoms with Crippen molar-refractivity contribution in [3.63, 3.8) is 0 Å². The largest absolute Gasteiger partial charge is 0.399 e. The van der Waals surface area contributed by atoms with Crippen molar-refractivity contribution in [1.82, 2.24) is 15.2 Å². The highest BCUT2D eigenvalue weighted by atomic mass is 16.2. The Morgan fingerprint density at radius 2 is 2.15 bits per heavy atom. The molecule has 6 nitrogen and oxygen atoms in total. The maximum Gasteiger partial charge on any atom is 0.280 e. The molecule has 20 heavy (non-hydrogen) atoms. The third-order valence-corrected chi connectivity index (χ3v) is 3.09. The summed E-state index contributed by atoms with van der Waals surface area (Å²) >= 11 is 0. The van der Waals surface area contributed by atoms with Gasteiger partial charge in [0.05, 0.1) is 5.52 Å². The topological polar surface area (TPSA) is 87.9 Å². The Bertz CT molecular complexity index is 766. The van der Waals surface area contributed by atoms with Crippen LogP contribution >= 0.6 is 0 Å². The van der Waals surface area contributed by atoms with Gasteiger partial charge in [0, 0.05) is 24.3 Å². The maximum absolute atomic E-state index is 12.5. The second-order valence-electron chi connectivity index (χ2n) is 4.43. The van der Waals surface area contributed by atoms with Crippen molar-refractivity contribution >= 4 is 28.3 Å². The Morgan fingerprint density at radius 1 is 1.30 bits per heavy atom. The normalized spacial score (nSPS) is 10.7. The quantitative estimate of drug-likeness (QED) is 0.693. The summed E-state index contributed by atoms with van der Waals surface area (Å²) in [7, 11) is 1.66. The van der Waals surface area contributed by atoms with Gasteiger partial charge >= 0.3 is 0 Å². The number of nitrogen functional groups attached to an aromatic ring is 1. The maximum atomic E-state index is 12.5. The minimum absolute atomic E-state index is 0.236. The lowest BCUT2D eigenvalue weighted by molar-refractivity contribution is 0.0989. The van der Waals surface area contributed by atoms with Crippen molar-refractivity contribution < 1.29 is 4.79 Å². The first-order valence-corrected chi connectivity index (χ1v) is 6.09. The zero-order valence-electron chi connectivity index (χ0n) is 10.9. The van der Waals surface area contributed by atoms with E-state index < -0.39 is 0 Å². The van der Waals surface area contributed by atoms with Gasteiger partial charge in [0.1, 0.15) is 5.82 Å². The predicted octanol–water partition coefficient (Wildman–Crippen LogP) is 1.82. The molecule has 0 aliphatic rings. The van der Waals surface area contributed by atoms with E-state index in [9.17, 15) is 4.79 Å². The summed E-state index contributed by atoms with van der Waals surface area (Å²) in [5, 5.41) is 7.62. The molecule has 0 unspecified atom stereocenters. The molecule has 3 rings (SSSR count). The van der Waals surface area contributed by atoms with Crippen LogP contribution in [-0.2, 0) is 0 Å². The number of aromatic amines is 1. The van der Waals surface area contributed by atoms with Gasteiger partial charge in [-0.3, -0.25) is 14.8 Å². The van der Waals surface area contributed by atoms with E-state index in [1.165, 1.54) is 4.90 Å². The van der Waals surface area contributed by atoms with Crippen molar-refractivity contribution in [1.29, 1.82) is 0 Å². The Kier molecular flexibility index (Phi) is 2.83. The molecule has 2 heterocycles. The summed E-state index contributed by atoms with van der Waals surface area (Å²) < 4.78 is 0. The molecule has 0 aliphatic carbocycles. The van der Waals surface area contributed by atoms with Gasteiger partial charge in [-0.25, -0.2) is 4.98 Å². The highest BCUT2D eigenvalue weighted by Gasteiger charge is 2.20. The Hall–Kier alpha value is -2.89. The highest BCUT2D eigenvalue weighted by Crippen LogP contribution is 2.21. The lowest BCUT2D eigenvalue weighted by atomic mass is 10.2.